The molecule has 0 radical (unpaired) electrons. The predicted octanol–water partition coefficient (Wildman–Crippen LogP) is 4.62. The molecule has 1 heterocycles. The number of anilines is 1. The van der Waals surface area contributed by atoms with E-state index in [-0.39, 0.29) is 26.4 Å². The molecule has 0 unspecified atom stereocenters. The van der Waals surface area contributed by atoms with Crippen LogP contribution in [0.3, 0.4) is 0 Å². The molecule has 0 spiro atoms. The number of ether oxygens (including phenoxy) is 2. The van der Waals surface area contributed by atoms with E-state index in [0.717, 1.165) is 4.90 Å². The average Bonchev–Trinajstić information content (AvgIpc) is 2.70. The molecule has 1 aliphatic heterocycles. The van der Waals surface area contributed by atoms with Crippen molar-refractivity contribution >= 4 is 64.1 Å². The maximum Gasteiger partial charge on any atom is 0.270 e. The molecule has 0 aromatic heterocycles. The van der Waals surface area contributed by atoms with E-state index < -0.39 is 11.8 Å². The first-order valence-electron chi connectivity index (χ1n) is 9.12. The van der Waals surface area contributed by atoms with Gasteiger partial charge in [-0.1, -0.05) is 35.3 Å². The van der Waals surface area contributed by atoms with Crippen LogP contribution in [0.5, 0.6) is 11.5 Å². The smallest absolute Gasteiger partial charge is 0.270 e. The van der Waals surface area contributed by atoms with Gasteiger partial charge in [0.05, 0.1) is 28.9 Å². The van der Waals surface area contributed by atoms with Crippen molar-refractivity contribution in [3.8, 4) is 11.5 Å². The van der Waals surface area contributed by atoms with Crippen molar-refractivity contribution in [3.63, 3.8) is 0 Å². The molecule has 0 atom stereocenters. The Bertz CT molecular complexity index is 1060. The molecule has 0 aliphatic carbocycles. The van der Waals surface area contributed by atoms with Gasteiger partial charge in [0.2, 0.25) is 0 Å². The summed E-state index contributed by atoms with van der Waals surface area (Å²) in [5.41, 5.74) is 0.767. The van der Waals surface area contributed by atoms with Crippen molar-refractivity contribution in [2.24, 2.45) is 0 Å². The third-order valence-corrected chi connectivity index (χ3v) is 5.25. The predicted molar refractivity (Wildman–Crippen MR) is 121 cm³/mol. The summed E-state index contributed by atoms with van der Waals surface area (Å²) in [6.45, 7) is 4.64. The highest BCUT2D eigenvalue weighted by Gasteiger charge is 2.35. The lowest BCUT2D eigenvalue weighted by Gasteiger charge is -2.29. The second-order valence-electron chi connectivity index (χ2n) is 6.10. The van der Waals surface area contributed by atoms with Crippen LogP contribution in [-0.4, -0.2) is 30.1 Å². The SMILES string of the molecule is CCOc1ccc(/C=C2\C(=O)NC(=S)N(c3cccc(Cl)c3Cl)C2=O)cc1OCC. The summed E-state index contributed by atoms with van der Waals surface area (Å²) < 4.78 is 11.2. The number of nitrogens with one attached hydrogen (secondary N) is 1. The maximum atomic E-state index is 13.1. The van der Waals surface area contributed by atoms with E-state index in [0.29, 0.717) is 30.3 Å². The van der Waals surface area contributed by atoms with E-state index >= 15 is 0 Å². The van der Waals surface area contributed by atoms with Gasteiger partial charge in [0.15, 0.2) is 16.6 Å². The third kappa shape index (κ3) is 4.43. The fourth-order valence-electron chi connectivity index (χ4n) is 2.87. The molecule has 3 rings (SSSR count). The molecule has 1 fully saturated rings. The van der Waals surface area contributed by atoms with Crippen LogP contribution in [0.25, 0.3) is 6.08 Å². The minimum Gasteiger partial charge on any atom is -0.490 e. The van der Waals surface area contributed by atoms with Crippen LogP contribution in [0.1, 0.15) is 19.4 Å². The van der Waals surface area contributed by atoms with Gasteiger partial charge in [-0.2, -0.15) is 0 Å². The zero-order valence-electron chi connectivity index (χ0n) is 16.2. The summed E-state index contributed by atoms with van der Waals surface area (Å²) in [6, 6.07) is 9.98. The van der Waals surface area contributed by atoms with E-state index in [9.17, 15) is 9.59 Å². The van der Waals surface area contributed by atoms with E-state index in [2.05, 4.69) is 5.32 Å². The number of carbonyl (C=O) groups is 2. The number of carbonyl (C=O) groups excluding carboxylic acids is 2. The Balaban J connectivity index is 2.02. The van der Waals surface area contributed by atoms with Crippen molar-refractivity contribution < 1.29 is 19.1 Å². The van der Waals surface area contributed by atoms with Gasteiger partial charge in [-0.15, -0.1) is 0 Å². The number of amides is 2. The molecule has 2 amide bonds. The number of hydrogen-bond donors (Lipinski definition) is 1. The Kier molecular flexibility index (Phi) is 6.97. The van der Waals surface area contributed by atoms with Crippen molar-refractivity contribution in [2.45, 2.75) is 13.8 Å². The van der Waals surface area contributed by atoms with Crippen molar-refractivity contribution in [3.05, 3.63) is 57.6 Å². The molecule has 2 aromatic carbocycles. The molecule has 1 N–H and O–H groups in total. The first kappa shape index (κ1) is 22.1. The second kappa shape index (κ2) is 9.47. The second-order valence-corrected chi connectivity index (χ2v) is 7.27. The Morgan fingerprint density at radius 3 is 2.47 bits per heavy atom. The molecule has 30 heavy (non-hydrogen) atoms. The van der Waals surface area contributed by atoms with Crippen LogP contribution in [0.15, 0.2) is 42.0 Å². The fourth-order valence-corrected chi connectivity index (χ4v) is 3.52. The van der Waals surface area contributed by atoms with Gasteiger partial charge in [-0.05, 0) is 62.0 Å². The largest absolute Gasteiger partial charge is 0.490 e. The normalized spacial score (nSPS) is 15.4. The minimum absolute atomic E-state index is 0.0759. The van der Waals surface area contributed by atoms with Gasteiger partial charge in [-0.3, -0.25) is 19.8 Å². The summed E-state index contributed by atoms with van der Waals surface area (Å²) in [4.78, 5) is 26.8. The Labute approximate surface area is 189 Å². The van der Waals surface area contributed by atoms with Crippen LogP contribution in [0.4, 0.5) is 5.69 Å². The van der Waals surface area contributed by atoms with Crippen LogP contribution in [0, 0.1) is 0 Å². The third-order valence-electron chi connectivity index (χ3n) is 4.15. The molecular weight excluding hydrogens is 447 g/mol. The lowest BCUT2D eigenvalue weighted by Crippen LogP contribution is -2.54. The topological polar surface area (TPSA) is 67.9 Å². The van der Waals surface area contributed by atoms with Gasteiger partial charge in [0.1, 0.15) is 5.57 Å². The lowest BCUT2D eigenvalue weighted by molar-refractivity contribution is -0.122. The van der Waals surface area contributed by atoms with Crippen molar-refractivity contribution in [1.29, 1.82) is 0 Å². The molecule has 2 aromatic rings. The molecule has 9 heteroatoms. The van der Waals surface area contributed by atoms with Gasteiger partial charge < -0.3 is 9.47 Å². The molecule has 0 saturated carbocycles. The van der Waals surface area contributed by atoms with Gasteiger partial charge in [-0.25, -0.2) is 0 Å². The monoisotopic (exact) mass is 464 g/mol. The highest BCUT2D eigenvalue weighted by molar-refractivity contribution is 7.80. The Hall–Kier alpha value is -2.61. The van der Waals surface area contributed by atoms with Crippen LogP contribution >= 0.6 is 35.4 Å². The molecule has 156 valence electrons. The first-order valence-corrected chi connectivity index (χ1v) is 10.3. The number of rotatable bonds is 6. The quantitative estimate of drug-likeness (QED) is 0.383. The number of benzene rings is 2. The summed E-state index contributed by atoms with van der Waals surface area (Å²) in [5, 5.41) is 2.86. The van der Waals surface area contributed by atoms with Crippen molar-refractivity contribution in [1.82, 2.24) is 5.32 Å². The number of hydrogen-bond acceptors (Lipinski definition) is 5. The zero-order chi connectivity index (χ0) is 21.8. The number of thiocarbonyl (C=S) groups is 1. The zero-order valence-corrected chi connectivity index (χ0v) is 18.5. The molecular formula is C21H18Cl2N2O4S. The maximum absolute atomic E-state index is 13.1. The van der Waals surface area contributed by atoms with Gasteiger partial charge in [0.25, 0.3) is 11.8 Å². The Morgan fingerprint density at radius 1 is 1.07 bits per heavy atom. The summed E-state index contributed by atoms with van der Waals surface area (Å²) in [7, 11) is 0. The number of nitrogens with zero attached hydrogens (tertiary/aromatic N) is 1. The summed E-state index contributed by atoms with van der Waals surface area (Å²) >= 11 is 17.5. The fraction of sp³-hybridized carbons (Fsp3) is 0.190. The average molecular weight is 465 g/mol. The van der Waals surface area contributed by atoms with E-state index in [1.807, 2.05) is 13.8 Å². The van der Waals surface area contributed by atoms with Crippen molar-refractivity contribution in [2.75, 3.05) is 18.1 Å². The van der Waals surface area contributed by atoms with E-state index in [4.69, 9.17) is 44.9 Å². The van der Waals surface area contributed by atoms with E-state index in [1.54, 1.807) is 36.4 Å². The van der Waals surface area contributed by atoms with Gasteiger partial charge >= 0.3 is 0 Å². The minimum atomic E-state index is -0.611. The molecule has 1 saturated heterocycles. The summed E-state index contributed by atoms with van der Waals surface area (Å²) in [6.07, 6.45) is 1.46. The molecule has 0 bridgehead atoms. The number of halogens is 2. The van der Waals surface area contributed by atoms with Crippen LogP contribution in [0.2, 0.25) is 10.0 Å². The van der Waals surface area contributed by atoms with Gasteiger partial charge in [0, 0.05) is 0 Å². The summed E-state index contributed by atoms with van der Waals surface area (Å²) in [5.74, 6) is -0.122. The van der Waals surface area contributed by atoms with Crippen LogP contribution < -0.4 is 19.7 Å². The first-order chi connectivity index (χ1) is 14.4. The highest BCUT2D eigenvalue weighted by atomic mass is 35.5. The molecule has 6 nitrogen and oxygen atoms in total. The Morgan fingerprint density at radius 2 is 1.77 bits per heavy atom. The molecule has 1 aliphatic rings. The highest BCUT2D eigenvalue weighted by Crippen LogP contribution is 2.35. The lowest BCUT2D eigenvalue weighted by atomic mass is 10.1. The van der Waals surface area contributed by atoms with E-state index in [1.165, 1.54) is 6.08 Å². The standard InChI is InChI=1S/C21H18Cl2N2O4S/c1-3-28-16-9-8-12(11-17(16)29-4-2)10-13-19(26)24-21(30)25(20(13)27)15-7-5-6-14(22)18(15)23/h5-11H,3-4H2,1-2H3,(H,24,26,30)/b13-10+. The van der Waals surface area contributed by atoms with Crippen LogP contribution in [-0.2, 0) is 9.59 Å².